The summed E-state index contributed by atoms with van der Waals surface area (Å²) in [6.45, 7) is 9.79. The molecule has 2 unspecified atom stereocenters. The first-order valence-corrected chi connectivity index (χ1v) is 7.17. The average molecular weight is 246 g/mol. The highest BCUT2D eigenvalue weighted by Gasteiger charge is 2.28. The molecule has 1 heterocycles. The molecule has 1 aromatic rings. The molecule has 100 valence electrons. The van der Waals surface area contributed by atoms with E-state index in [1.54, 1.807) is 0 Å². The second-order valence-corrected chi connectivity index (χ2v) is 5.67. The summed E-state index contributed by atoms with van der Waals surface area (Å²) in [6, 6.07) is 7.15. The van der Waals surface area contributed by atoms with Crippen LogP contribution in [-0.2, 0) is 0 Å². The van der Waals surface area contributed by atoms with Gasteiger partial charge in [-0.05, 0) is 43.9 Å². The molecule has 1 saturated heterocycles. The Morgan fingerprint density at radius 3 is 2.72 bits per heavy atom. The van der Waals surface area contributed by atoms with Crippen LogP contribution in [0, 0.1) is 19.8 Å². The third-order valence-electron chi connectivity index (χ3n) is 4.34. The fourth-order valence-electron chi connectivity index (χ4n) is 3.15. The van der Waals surface area contributed by atoms with E-state index < -0.39 is 0 Å². The Labute approximate surface area is 111 Å². The SMILES string of the molecule is CCC1CCN(C(CN)c2ccc(C)cc2C)C1. The van der Waals surface area contributed by atoms with Crippen LogP contribution in [0.4, 0.5) is 0 Å². The van der Waals surface area contributed by atoms with Gasteiger partial charge in [0, 0.05) is 19.1 Å². The lowest BCUT2D eigenvalue weighted by Gasteiger charge is -2.28. The van der Waals surface area contributed by atoms with E-state index in [9.17, 15) is 0 Å². The Kier molecular flexibility index (Phi) is 4.41. The number of aryl methyl sites for hydroxylation is 2. The number of nitrogens with zero attached hydrogens (tertiary/aromatic N) is 1. The molecular formula is C16H26N2. The van der Waals surface area contributed by atoms with Crippen molar-refractivity contribution in [2.45, 2.75) is 39.7 Å². The number of nitrogens with two attached hydrogens (primary N) is 1. The third-order valence-corrected chi connectivity index (χ3v) is 4.34. The fourth-order valence-corrected chi connectivity index (χ4v) is 3.15. The minimum Gasteiger partial charge on any atom is -0.329 e. The van der Waals surface area contributed by atoms with Gasteiger partial charge in [-0.1, -0.05) is 37.1 Å². The van der Waals surface area contributed by atoms with Crippen molar-refractivity contribution in [3.63, 3.8) is 0 Å². The van der Waals surface area contributed by atoms with Crippen molar-refractivity contribution < 1.29 is 0 Å². The maximum absolute atomic E-state index is 6.04. The number of likely N-dealkylation sites (tertiary alicyclic amines) is 1. The van der Waals surface area contributed by atoms with E-state index in [1.807, 2.05) is 0 Å². The molecule has 0 spiro atoms. The summed E-state index contributed by atoms with van der Waals surface area (Å²) in [6.07, 6.45) is 2.62. The van der Waals surface area contributed by atoms with Crippen molar-refractivity contribution >= 4 is 0 Å². The molecule has 2 atom stereocenters. The zero-order valence-corrected chi connectivity index (χ0v) is 11.9. The summed E-state index contributed by atoms with van der Waals surface area (Å²) in [5, 5.41) is 0. The first kappa shape index (κ1) is 13.6. The van der Waals surface area contributed by atoms with Crippen LogP contribution in [0.5, 0.6) is 0 Å². The molecule has 0 aromatic heterocycles. The smallest absolute Gasteiger partial charge is 0.0473 e. The predicted octanol–water partition coefficient (Wildman–Crippen LogP) is 3.04. The van der Waals surface area contributed by atoms with E-state index in [4.69, 9.17) is 5.73 Å². The Morgan fingerprint density at radius 2 is 2.17 bits per heavy atom. The zero-order valence-electron chi connectivity index (χ0n) is 11.9. The molecule has 0 aliphatic carbocycles. The fraction of sp³-hybridized carbons (Fsp3) is 0.625. The highest BCUT2D eigenvalue weighted by molar-refractivity contribution is 5.33. The summed E-state index contributed by atoms with van der Waals surface area (Å²) in [5.41, 5.74) is 10.2. The van der Waals surface area contributed by atoms with Gasteiger partial charge < -0.3 is 5.73 Å². The summed E-state index contributed by atoms with van der Waals surface area (Å²) in [5.74, 6) is 0.866. The van der Waals surface area contributed by atoms with Gasteiger partial charge in [0.05, 0.1) is 0 Å². The lowest BCUT2D eigenvalue weighted by Crippen LogP contribution is -2.32. The van der Waals surface area contributed by atoms with E-state index in [0.29, 0.717) is 6.04 Å². The van der Waals surface area contributed by atoms with Gasteiger partial charge in [-0.3, -0.25) is 4.90 Å². The number of rotatable bonds is 4. The molecule has 0 saturated carbocycles. The highest BCUT2D eigenvalue weighted by Crippen LogP contribution is 2.30. The van der Waals surface area contributed by atoms with Crippen molar-refractivity contribution in [1.29, 1.82) is 0 Å². The minimum absolute atomic E-state index is 0.405. The summed E-state index contributed by atoms with van der Waals surface area (Å²) in [4.78, 5) is 2.58. The normalized spacial score (nSPS) is 22.3. The summed E-state index contributed by atoms with van der Waals surface area (Å²) < 4.78 is 0. The molecule has 2 N–H and O–H groups in total. The molecule has 1 aliphatic heterocycles. The molecule has 2 heteroatoms. The Balaban J connectivity index is 2.18. The number of benzene rings is 1. The van der Waals surface area contributed by atoms with Gasteiger partial charge in [-0.2, -0.15) is 0 Å². The molecule has 1 fully saturated rings. The molecule has 0 amide bonds. The molecule has 2 rings (SSSR count). The van der Waals surface area contributed by atoms with Crippen molar-refractivity contribution in [3.8, 4) is 0 Å². The lowest BCUT2D eigenvalue weighted by molar-refractivity contribution is 0.240. The second kappa shape index (κ2) is 5.85. The average Bonchev–Trinajstić information content (AvgIpc) is 2.81. The van der Waals surface area contributed by atoms with E-state index in [1.165, 1.54) is 42.6 Å². The largest absolute Gasteiger partial charge is 0.329 e. The van der Waals surface area contributed by atoms with Crippen LogP contribution >= 0.6 is 0 Å². The van der Waals surface area contributed by atoms with Gasteiger partial charge in [0.1, 0.15) is 0 Å². The van der Waals surface area contributed by atoms with E-state index in [0.717, 1.165) is 12.5 Å². The molecule has 2 nitrogen and oxygen atoms in total. The van der Waals surface area contributed by atoms with Crippen molar-refractivity contribution in [2.75, 3.05) is 19.6 Å². The van der Waals surface area contributed by atoms with Gasteiger partial charge in [0.2, 0.25) is 0 Å². The lowest BCUT2D eigenvalue weighted by atomic mass is 9.98. The standard InChI is InChI=1S/C16H26N2/c1-4-14-7-8-18(11-14)16(10-17)15-6-5-12(2)9-13(15)3/h5-6,9,14,16H,4,7-8,10-11,17H2,1-3H3. The second-order valence-electron chi connectivity index (χ2n) is 5.67. The van der Waals surface area contributed by atoms with Crippen LogP contribution in [0.2, 0.25) is 0 Å². The topological polar surface area (TPSA) is 29.3 Å². The number of hydrogen-bond donors (Lipinski definition) is 1. The first-order chi connectivity index (χ1) is 8.65. The van der Waals surface area contributed by atoms with E-state index in [2.05, 4.69) is 43.9 Å². The molecule has 0 bridgehead atoms. The Hall–Kier alpha value is -0.860. The van der Waals surface area contributed by atoms with Crippen LogP contribution in [0.1, 0.15) is 42.5 Å². The first-order valence-electron chi connectivity index (χ1n) is 7.17. The van der Waals surface area contributed by atoms with Crippen molar-refractivity contribution in [1.82, 2.24) is 4.90 Å². The van der Waals surface area contributed by atoms with Gasteiger partial charge in [0.25, 0.3) is 0 Å². The Bertz CT molecular complexity index is 400. The van der Waals surface area contributed by atoms with Crippen LogP contribution in [0.15, 0.2) is 18.2 Å². The van der Waals surface area contributed by atoms with E-state index in [-0.39, 0.29) is 0 Å². The number of hydrogen-bond acceptors (Lipinski definition) is 2. The third kappa shape index (κ3) is 2.76. The monoisotopic (exact) mass is 246 g/mol. The molecule has 1 aliphatic rings. The van der Waals surface area contributed by atoms with E-state index >= 15 is 0 Å². The minimum atomic E-state index is 0.405. The predicted molar refractivity (Wildman–Crippen MR) is 77.7 cm³/mol. The zero-order chi connectivity index (χ0) is 13.1. The maximum Gasteiger partial charge on any atom is 0.0473 e. The summed E-state index contributed by atoms with van der Waals surface area (Å²) >= 11 is 0. The molecule has 0 radical (unpaired) electrons. The van der Waals surface area contributed by atoms with Crippen LogP contribution in [-0.4, -0.2) is 24.5 Å². The van der Waals surface area contributed by atoms with Crippen molar-refractivity contribution in [3.05, 3.63) is 34.9 Å². The molecule has 1 aromatic carbocycles. The van der Waals surface area contributed by atoms with Crippen LogP contribution in [0.3, 0.4) is 0 Å². The molecule has 18 heavy (non-hydrogen) atoms. The van der Waals surface area contributed by atoms with Crippen LogP contribution in [0.25, 0.3) is 0 Å². The summed E-state index contributed by atoms with van der Waals surface area (Å²) in [7, 11) is 0. The highest BCUT2D eigenvalue weighted by atomic mass is 15.2. The molecular weight excluding hydrogens is 220 g/mol. The maximum atomic E-state index is 6.04. The van der Waals surface area contributed by atoms with Gasteiger partial charge in [-0.15, -0.1) is 0 Å². The van der Waals surface area contributed by atoms with Gasteiger partial charge >= 0.3 is 0 Å². The quantitative estimate of drug-likeness (QED) is 0.885. The van der Waals surface area contributed by atoms with Crippen LogP contribution < -0.4 is 5.73 Å². The van der Waals surface area contributed by atoms with Gasteiger partial charge in [0.15, 0.2) is 0 Å². The van der Waals surface area contributed by atoms with Gasteiger partial charge in [-0.25, -0.2) is 0 Å². The Morgan fingerprint density at radius 1 is 1.39 bits per heavy atom. The van der Waals surface area contributed by atoms with Crippen molar-refractivity contribution in [2.24, 2.45) is 11.7 Å².